The first kappa shape index (κ1) is 38.1. The maximum Gasteiger partial charge on any atom is 0.0338 e. The van der Waals surface area contributed by atoms with E-state index in [0.29, 0.717) is 0 Å². The molecule has 0 rings (SSSR count). The molecule has 1 atom stereocenters. The molecule has 0 aliphatic rings. The lowest BCUT2D eigenvalue weighted by Crippen LogP contribution is -2.36. The summed E-state index contributed by atoms with van der Waals surface area (Å²) in [5.74, 6) is 6.86. The minimum atomic E-state index is 0.273. The molecule has 0 aliphatic carbocycles. The maximum absolute atomic E-state index is 5.40. The fourth-order valence-electron chi connectivity index (χ4n) is 5.70. The van der Waals surface area contributed by atoms with Gasteiger partial charge in [-0.25, -0.2) is 0 Å². The Hall–Kier alpha value is 2.10. The van der Waals surface area contributed by atoms with Gasteiger partial charge in [0.25, 0.3) is 0 Å². The summed E-state index contributed by atoms with van der Waals surface area (Å²) in [7, 11) is 0. The highest BCUT2D eigenvalue weighted by molar-refractivity contribution is 7.83. The first-order valence-electron chi connectivity index (χ1n) is 15.1. The van der Waals surface area contributed by atoms with E-state index in [1.807, 2.05) is 0 Å². The number of rotatable bonds is 29. The van der Waals surface area contributed by atoms with Gasteiger partial charge in [-0.2, -0.15) is 75.8 Å². The zero-order valence-corrected chi connectivity index (χ0v) is 28.6. The van der Waals surface area contributed by atoms with Crippen LogP contribution in [0.1, 0.15) is 141 Å². The van der Waals surface area contributed by atoms with Crippen LogP contribution in [0.2, 0.25) is 0 Å². The van der Waals surface area contributed by atoms with Gasteiger partial charge in [-0.3, -0.25) is 0 Å². The van der Waals surface area contributed by atoms with Crippen LogP contribution in [0, 0.1) is 22.3 Å². The van der Waals surface area contributed by atoms with Crippen LogP contribution in [0.5, 0.6) is 0 Å². The lowest BCUT2D eigenvalue weighted by molar-refractivity contribution is 0.125. The molecule has 0 heterocycles. The Labute approximate surface area is 260 Å². The molecule has 0 spiro atoms. The van der Waals surface area contributed by atoms with Crippen molar-refractivity contribution in [2.75, 3.05) is 23.0 Å². The summed E-state index contributed by atoms with van der Waals surface area (Å²) >= 11 is 27.6. The third-order valence-electron chi connectivity index (χ3n) is 7.84. The molecule has 6 heteroatoms. The van der Waals surface area contributed by atoms with Crippen LogP contribution in [0.3, 0.4) is 0 Å². The second-order valence-corrected chi connectivity index (χ2v) is 13.3. The monoisotopic (exact) mass is 612 g/mol. The van der Waals surface area contributed by atoms with E-state index >= 15 is 0 Å². The van der Waals surface area contributed by atoms with E-state index in [4.69, 9.17) is 12.6 Å². The van der Waals surface area contributed by atoms with E-state index in [1.165, 1.54) is 140 Å². The molecule has 0 aromatic carbocycles. The molecule has 0 aromatic heterocycles. The Balaban J connectivity index is 5.63. The standard InChI is InChI=1S/C30H60S6/c31-23-13-5-1-9-18-28(19-17-27-35)30(21-11-3-7-15-25-33,22-12-4-8-16-26-34)29(36)20-10-2-6-14-24-32/h27-28,31-36H,1-26H2. The molecule has 216 valence electrons. The van der Waals surface area contributed by atoms with Crippen molar-refractivity contribution >= 4 is 75.8 Å². The third kappa shape index (κ3) is 19.2. The normalized spacial score (nSPS) is 13.1. The molecule has 0 aliphatic heterocycles. The molecule has 0 amide bonds. The highest BCUT2D eigenvalue weighted by Crippen LogP contribution is 2.54. The van der Waals surface area contributed by atoms with Crippen LogP contribution in [0.4, 0.5) is 0 Å². The highest BCUT2D eigenvalue weighted by atomic mass is 32.1. The van der Waals surface area contributed by atoms with E-state index in [2.05, 4.69) is 68.9 Å². The van der Waals surface area contributed by atoms with Crippen LogP contribution in [-0.4, -0.2) is 23.0 Å². The van der Waals surface area contributed by atoms with E-state index in [9.17, 15) is 0 Å². The van der Waals surface area contributed by atoms with Gasteiger partial charge in [-0.05, 0) is 98.6 Å². The van der Waals surface area contributed by atoms with Gasteiger partial charge >= 0.3 is 0 Å². The first-order valence-corrected chi connectivity index (χ1v) is 18.6. The van der Waals surface area contributed by atoms with E-state index in [-0.39, 0.29) is 5.41 Å². The fourth-order valence-corrected chi connectivity index (χ4v) is 7.31. The van der Waals surface area contributed by atoms with Crippen LogP contribution >= 0.6 is 75.8 Å². The molecular formula is C30H60S6. The quantitative estimate of drug-likeness (QED) is 0.0351. The van der Waals surface area contributed by atoms with Crippen LogP contribution in [0.15, 0.2) is 0 Å². The van der Waals surface area contributed by atoms with Crippen LogP contribution < -0.4 is 0 Å². The Morgan fingerprint density at radius 2 is 0.944 bits per heavy atom. The molecular weight excluding hydrogens is 553 g/mol. The molecule has 2 radical (unpaired) electrons. The molecule has 0 saturated carbocycles. The molecule has 1 unspecified atom stereocenters. The second kappa shape index (κ2) is 28.6. The van der Waals surface area contributed by atoms with Crippen molar-refractivity contribution in [3.05, 3.63) is 11.0 Å². The minimum Gasteiger partial charge on any atom is -0.179 e. The summed E-state index contributed by atoms with van der Waals surface area (Å²) < 4.78 is 0. The summed E-state index contributed by atoms with van der Waals surface area (Å²) in [6, 6.07) is 0. The van der Waals surface area contributed by atoms with Crippen molar-refractivity contribution < 1.29 is 0 Å². The summed E-state index contributed by atoms with van der Waals surface area (Å²) in [6.07, 6.45) is 28.3. The topological polar surface area (TPSA) is 0 Å². The zero-order chi connectivity index (χ0) is 26.7. The number of hydrogen-bond donors (Lipinski definition) is 6. The van der Waals surface area contributed by atoms with Crippen molar-refractivity contribution in [1.29, 1.82) is 0 Å². The van der Waals surface area contributed by atoms with Crippen molar-refractivity contribution in [2.24, 2.45) is 11.3 Å². The second-order valence-electron chi connectivity index (χ2n) is 10.6. The van der Waals surface area contributed by atoms with Gasteiger partial charge in [-0.15, -0.1) is 0 Å². The Bertz CT molecular complexity index is 420. The Morgan fingerprint density at radius 1 is 0.528 bits per heavy atom. The van der Waals surface area contributed by atoms with Gasteiger partial charge < -0.3 is 0 Å². The molecule has 0 N–H and O–H groups in total. The lowest BCUT2D eigenvalue weighted by Gasteiger charge is -2.46. The SMILES string of the molecule is S[CH]CCC(CCCCCCS)C(CCCCCCS)(CCCCCCS)[C](S)CCCCCCS. The van der Waals surface area contributed by atoms with Crippen LogP contribution in [-0.2, 0) is 0 Å². The van der Waals surface area contributed by atoms with Crippen molar-refractivity contribution in [3.63, 3.8) is 0 Å². The largest absolute Gasteiger partial charge is 0.179 e. The summed E-state index contributed by atoms with van der Waals surface area (Å²) in [4.78, 5) is 0. The van der Waals surface area contributed by atoms with Gasteiger partial charge in [0.05, 0.1) is 0 Å². The zero-order valence-electron chi connectivity index (χ0n) is 23.2. The number of thiol groups is 6. The Morgan fingerprint density at radius 3 is 1.39 bits per heavy atom. The number of unbranched alkanes of at least 4 members (excludes halogenated alkanes) is 12. The average molecular weight is 613 g/mol. The maximum atomic E-state index is 5.40. The molecule has 36 heavy (non-hydrogen) atoms. The predicted molar refractivity (Wildman–Crippen MR) is 188 cm³/mol. The molecule has 0 fully saturated rings. The van der Waals surface area contributed by atoms with Crippen molar-refractivity contribution in [1.82, 2.24) is 0 Å². The smallest absolute Gasteiger partial charge is 0.0338 e. The average Bonchev–Trinajstić information content (AvgIpc) is 2.88. The van der Waals surface area contributed by atoms with Gasteiger partial charge in [-0.1, -0.05) is 77.0 Å². The van der Waals surface area contributed by atoms with Crippen LogP contribution in [0.25, 0.3) is 0 Å². The molecule has 0 bridgehead atoms. The van der Waals surface area contributed by atoms with E-state index in [0.717, 1.165) is 35.4 Å². The summed E-state index contributed by atoms with van der Waals surface area (Å²) in [5.41, 5.74) is 0.273. The van der Waals surface area contributed by atoms with E-state index in [1.54, 1.807) is 0 Å². The van der Waals surface area contributed by atoms with Crippen molar-refractivity contribution in [3.8, 4) is 0 Å². The van der Waals surface area contributed by atoms with Gasteiger partial charge in [0, 0.05) is 11.0 Å². The predicted octanol–water partition coefficient (Wildman–Crippen LogP) is 11.4. The van der Waals surface area contributed by atoms with Gasteiger partial charge in [0.2, 0.25) is 0 Å². The van der Waals surface area contributed by atoms with Crippen molar-refractivity contribution in [2.45, 2.75) is 141 Å². The molecule has 0 saturated heterocycles. The fraction of sp³-hybridized carbons (Fsp3) is 0.933. The Kier molecular flexibility index (Phi) is 30.3. The van der Waals surface area contributed by atoms with E-state index < -0.39 is 0 Å². The molecule has 0 aromatic rings. The summed E-state index contributed by atoms with van der Waals surface area (Å²) in [5, 5.41) is 1.52. The van der Waals surface area contributed by atoms with Gasteiger partial charge in [0.1, 0.15) is 0 Å². The third-order valence-corrected chi connectivity index (χ3v) is 10.0. The molecule has 0 nitrogen and oxygen atoms in total. The van der Waals surface area contributed by atoms with Gasteiger partial charge in [0.15, 0.2) is 0 Å². The summed E-state index contributed by atoms with van der Waals surface area (Å²) in [6.45, 7) is 0. The first-order chi connectivity index (χ1) is 17.6. The lowest BCUT2D eigenvalue weighted by atomic mass is 9.62. The number of hydrogen-bond acceptors (Lipinski definition) is 6. The highest BCUT2D eigenvalue weighted by Gasteiger charge is 2.42. The minimum absolute atomic E-state index is 0.273.